The number of rotatable bonds is 5. The highest BCUT2D eigenvalue weighted by molar-refractivity contribution is 9.10. The van der Waals surface area contributed by atoms with Gasteiger partial charge in [-0.15, -0.1) is 0 Å². The van der Waals surface area contributed by atoms with Crippen LogP contribution in [0, 0.1) is 0 Å². The highest BCUT2D eigenvalue weighted by Crippen LogP contribution is 2.26. The third kappa shape index (κ3) is 3.59. The zero-order chi connectivity index (χ0) is 12.8. The zero-order valence-electron chi connectivity index (χ0n) is 10.3. The maximum absolute atomic E-state index is 5.84. The smallest absolute Gasteiger partial charge is 0.134 e. The van der Waals surface area contributed by atoms with Crippen LogP contribution in [-0.2, 0) is 13.2 Å². The van der Waals surface area contributed by atoms with Gasteiger partial charge in [-0.05, 0) is 46.2 Å². The number of benzene rings is 2. The van der Waals surface area contributed by atoms with Crippen LogP contribution in [0.1, 0.15) is 11.1 Å². The van der Waals surface area contributed by atoms with Crippen LogP contribution in [0.4, 0.5) is 0 Å². The molecule has 0 aliphatic rings. The molecule has 3 heteroatoms. The van der Waals surface area contributed by atoms with Gasteiger partial charge in [-0.25, -0.2) is 0 Å². The summed E-state index contributed by atoms with van der Waals surface area (Å²) >= 11 is 3.51. The molecule has 18 heavy (non-hydrogen) atoms. The van der Waals surface area contributed by atoms with Crippen LogP contribution in [0.15, 0.2) is 53.0 Å². The van der Waals surface area contributed by atoms with Crippen molar-refractivity contribution in [3.63, 3.8) is 0 Å². The fourth-order valence-electron chi connectivity index (χ4n) is 1.71. The van der Waals surface area contributed by atoms with Crippen molar-refractivity contribution in [3.8, 4) is 5.75 Å². The van der Waals surface area contributed by atoms with E-state index in [1.807, 2.05) is 31.3 Å². The van der Waals surface area contributed by atoms with E-state index in [2.05, 4.69) is 45.5 Å². The summed E-state index contributed by atoms with van der Waals surface area (Å²) < 4.78 is 6.82. The van der Waals surface area contributed by atoms with Gasteiger partial charge in [-0.2, -0.15) is 0 Å². The van der Waals surface area contributed by atoms with Crippen LogP contribution < -0.4 is 10.1 Å². The maximum Gasteiger partial charge on any atom is 0.134 e. The second kappa shape index (κ2) is 6.57. The minimum absolute atomic E-state index is 0.586. The van der Waals surface area contributed by atoms with Gasteiger partial charge in [0.2, 0.25) is 0 Å². The molecule has 2 rings (SSSR count). The molecule has 0 aromatic heterocycles. The minimum atomic E-state index is 0.586. The van der Waals surface area contributed by atoms with Gasteiger partial charge < -0.3 is 10.1 Å². The molecule has 0 amide bonds. The summed E-state index contributed by atoms with van der Waals surface area (Å²) in [5, 5.41) is 3.13. The van der Waals surface area contributed by atoms with Crippen molar-refractivity contribution in [3.05, 3.63) is 64.1 Å². The molecular weight excluding hydrogens is 290 g/mol. The first kappa shape index (κ1) is 13.1. The predicted molar refractivity (Wildman–Crippen MR) is 77.7 cm³/mol. The number of nitrogens with one attached hydrogen (secondary N) is 1. The largest absolute Gasteiger partial charge is 0.488 e. The zero-order valence-corrected chi connectivity index (χ0v) is 11.9. The van der Waals surface area contributed by atoms with E-state index >= 15 is 0 Å². The number of ether oxygens (including phenoxy) is 1. The Labute approximate surface area is 116 Å². The molecule has 2 aromatic rings. The highest BCUT2D eigenvalue weighted by atomic mass is 79.9. The van der Waals surface area contributed by atoms with Gasteiger partial charge in [-0.3, -0.25) is 0 Å². The van der Waals surface area contributed by atoms with Crippen LogP contribution in [0.5, 0.6) is 5.75 Å². The SMILES string of the molecule is CNCc1ccc(Br)c(OCc2ccccc2)c1. The van der Waals surface area contributed by atoms with E-state index < -0.39 is 0 Å². The average Bonchev–Trinajstić information content (AvgIpc) is 2.41. The molecular formula is C15H16BrNO. The summed E-state index contributed by atoms with van der Waals surface area (Å²) in [5.41, 5.74) is 2.38. The fraction of sp³-hybridized carbons (Fsp3) is 0.200. The van der Waals surface area contributed by atoms with Gasteiger partial charge in [0.25, 0.3) is 0 Å². The number of halogens is 1. The Bertz CT molecular complexity index is 499. The van der Waals surface area contributed by atoms with E-state index in [-0.39, 0.29) is 0 Å². The van der Waals surface area contributed by atoms with Gasteiger partial charge in [0, 0.05) is 6.54 Å². The highest BCUT2D eigenvalue weighted by Gasteiger charge is 2.03. The van der Waals surface area contributed by atoms with E-state index in [4.69, 9.17) is 4.74 Å². The van der Waals surface area contributed by atoms with Crippen molar-refractivity contribution >= 4 is 15.9 Å². The third-order valence-electron chi connectivity index (χ3n) is 2.61. The molecule has 0 atom stereocenters. The molecule has 2 nitrogen and oxygen atoms in total. The third-order valence-corrected chi connectivity index (χ3v) is 3.27. The lowest BCUT2D eigenvalue weighted by Crippen LogP contribution is -2.05. The molecule has 2 aromatic carbocycles. The van der Waals surface area contributed by atoms with Crippen molar-refractivity contribution in [2.24, 2.45) is 0 Å². The lowest BCUT2D eigenvalue weighted by Gasteiger charge is -2.10. The van der Waals surface area contributed by atoms with Crippen LogP contribution in [-0.4, -0.2) is 7.05 Å². The van der Waals surface area contributed by atoms with E-state index in [0.717, 1.165) is 16.8 Å². The van der Waals surface area contributed by atoms with Crippen LogP contribution >= 0.6 is 15.9 Å². The van der Waals surface area contributed by atoms with Gasteiger partial charge in [0.1, 0.15) is 12.4 Å². The summed E-state index contributed by atoms with van der Waals surface area (Å²) in [6.45, 7) is 1.43. The molecule has 0 bridgehead atoms. The summed E-state index contributed by atoms with van der Waals surface area (Å²) in [5.74, 6) is 0.881. The molecule has 0 saturated carbocycles. The predicted octanol–water partition coefficient (Wildman–Crippen LogP) is 3.75. The Morgan fingerprint density at radius 1 is 1.06 bits per heavy atom. The molecule has 1 N–H and O–H groups in total. The quantitative estimate of drug-likeness (QED) is 0.908. The normalized spacial score (nSPS) is 10.3. The first-order chi connectivity index (χ1) is 8.79. The summed E-state index contributed by atoms with van der Waals surface area (Å²) in [4.78, 5) is 0. The summed E-state index contributed by atoms with van der Waals surface area (Å²) in [6.07, 6.45) is 0. The lowest BCUT2D eigenvalue weighted by atomic mass is 10.2. The van der Waals surface area contributed by atoms with Crippen molar-refractivity contribution in [2.75, 3.05) is 7.05 Å². The second-order valence-electron chi connectivity index (χ2n) is 4.07. The molecule has 0 spiro atoms. The van der Waals surface area contributed by atoms with E-state index in [0.29, 0.717) is 6.61 Å². The molecule has 0 saturated heterocycles. The average molecular weight is 306 g/mol. The van der Waals surface area contributed by atoms with Crippen LogP contribution in [0.2, 0.25) is 0 Å². The number of hydrogen-bond donors (Lipinski definition) is 1. The minimum Gasteiger partial charge on any atom is -0.488 e. The topological polar surface area (TPSA) is 21.3 Å². The Kier molecular flexibility index (Phi) is 4.79. The van der Waals surface area contributed by atoms with E-state index in [1.165, 1.54) is 11.1 Å². The van der Waals surface area contributed by atoms with Crippen LogP contribution in [0.25, 0.3) is 0 Å². The van der Waals surface area contributed by atoms with Crippen molar-refractivity contribution in [1.29, 1.82) is 0 Å². The van der Waals surface area contributed by atoms with Gasteiger partial charge >= 0.3 is 0 Å². The maximum atomic E-state index is 5.84. The molecule has 94 valence electrons. The van der Waals surface area contributed by atoms with Gasteiger partial charge in [-0.1, -0.05) is 36.4 Å². The van der Waals surface area contributed by atoms with E-state index in [9.17, 15) is 0 Å². The fourth-order valence-corrected chi connectivity index (χ4v) is 2.07. The standard InChI is InChI=1S/C15H16BrNO/c1-17-10-13-7-8-14(16)15(9-13)18-11-12-5-3-2-4-6-12/h2-9,17H,10-11H2,1H3. The summed E-state index contributed by atoms with van der Waals surface area (Å²) in [7, 11) is 1.94. The van der Waals surface area contributed by atoms with Gasteiger partial charge in [0.15, 0.2) is 0 Å². The van der Waals surface area contributed by atoms with Crippen LogP contribution in [0.3, 0.4) is 0 Å². The Balaban J connectivity index is 2.06. The van der Waals surface area contributed by atoms with Crippen molar-refractivity contribution in [1.82, 2.24) is 5.32 Å². The van der Waals surface area contributed by atoms with Crippen molar-refractivity contribution < 1.29 is 4.74 Å². The summed E-state index contributed by atoms with van der Waals surface area (Å²) in [6, 6.07) is 16.3. The first-order valence-corrected chi connectivity index (χ1v) is 6.68. The Hall–Kier alpha value is -1.32. The molecule has 0 aliphatic heterocycles. The molecule has 0 radical (unpaired) electrons. The first-order valence-electron chi connectivity index (χ1n) is 5.89. The Morgan fingerprint density at radius 3 is 2.56 bits per heavy atom. The molecule has 0 fully saturated rings. The monoisotopic (exact) mass is 305 g/mol. The van der Waals surface area contributed by atoms with Gasteiger partial charge in [0.05, 0.1) is 4.47 Å². The molecule has 0 unspecified atom stereocenters. The molecule has 0 heterocycles. The molecule has 0 aliphatic carbocycles. The lowest BCUT2D eigenvalue weighted by molar-refractivity contribution is 0.304. The Morgan fingerprint density at radius 2 is 1.83 bits per heavy atom. The van der Waals surface area contributed by atoms with E-state index in [1.54, 1.807) is 0 Å². The van der Waals surface area contributed by atoms with Crippen molar-refractivity contribution in [2.45, 2.75) is 13.2 Å². The second-order valence-corrected chi connectivity index (χ2v) is 4.92. The number of hydrogen-bond acceptors (Lipinski definition) is 2.